The molecule has 0 atom stereocenters. The van der Waals surface area contributed by atoms with Crippen LogP contribution in [0.1, 0.15) is 31.7 Å². The predicted molar refractivity (Wildman–Crippen MR) is 80.2 cm³/mol. The molecule has 1 rings (SSSR count). The van der Waals surface area contributed by atoms with E-state index >= 15 is 0 Å². The normalized spacial score (nSPS) is 11.1. The Kier molecular flexibility index (Phi) is 8.06. The summed E-state index contributed by atoms with van der Waals surface area (Å²) in [7, 11) is 2.14. The first-order chi connectivity index (χ1) is 8.74. The van der Waals surface area contributed by atoms with Gasteiger partial charge < -0.3 is 10.2 Å². The first kappa shape index (κ1) is 15.5. The van der Waals surface area contributed by atoms with Crippen LogP contribution in [0.5, 0.6) is 0 Å². The van der Waals surface area contributed by atoms with Crippen molar-refractivity contribution in [3.63, 3.8) is 0 Å². The first-order valence-corrected chi connectivity index (χ1v) is 7.24. The molecule has 0 fully saturated rings. The maximum absolute atomic E-state index is 6.14. The Morgan fingerprint density at radius 2 is 1.94 bits per heavy atom. The van der Waals surface area contributed by atoms with Gasteiger partial charge in [-0.1, -0.05) is 49.6 Å². The summed E-state index contributed by atoms with van der Waals surface area (Å²) in [6, 6.07) is 8.06. The summed E-state index contributed by atoms with van der Waals surface area (Å²) in [5.41, 5.74) is 1.20. The van der Waals surface area contributed by atoms with Gasteiger partial charge in [-0.2, -0.15) is 0 Å². The lowest BCUT2D eigenvalue weighted by Crippen LogP contribution is -2.29. The highest BCUT2D eigenvalue weighted by Crippen LogP contribution is 2.16. The second-order valence-electron chi connectivity index (χ2n) is 4.79. The van der Waals surface area contributed by atoms with Crippen molar-refractivity contribution < 1.29 is 0 Å². The van der Waals surface area contributed by atoms with Crippen LogP contribution in [0, 0.1) is 0 Å². The third-order valence-corrected chi connectivity index (χ3v) is 3.39. The zero-order valence-electron chi connectivity index (χ0n) is 11.6. The fraction of sp³-hybridized carbons (Fsp3) is 0.600. The molecule has 0 heterocycles. The van der Waals surface area contributed by atoms with Crippen molar-refractivity contribution in [2.24, 2.45) is 0 Å². The van der Waals surface area contributed by atoms with Gasteiger partial charge in [0, 0.05) is 24.7 Å². The fourth-order valence-corrected chi connectivity index (χ4v) is 2.09. The molecular weight excluding hydrogens is 244 g/mol. The third-order valence-electron chi connectivity index (χ3n) is 3.03. The van der Waals surface area contributed by atoms with Crippen molar-refractivity contribution in [1.29, 1.82) is 0 Å². The number of hydrogen-bond donors (Lipinski definition) is 1. The van der Waals surface area contributed by atoms with Crippen molar-refractivity contribution in [3.8, 4) is 0 Å². The van der Waals surface area contributed by atoms with Gasteiger partial charge in [-0.25, -0.2) is 0 Å². The maximum Gasteiger partial charge on any atom is 0.0451 e. The van der Waals surface area contributed by atoms with Gasteiger partial charge in [-0.05, 0) is 31.6 Å². The molecule has 1 N–H and O–H groups in total. The molecular formula is C15H25ClN2. The van der Waals surface area contributed by atoms with Crippen LogP contribution in [0.25, 0.3) is 0 Å². The molecule has 0 aliphatic carbocycles. The monoisotopic (exact) mass is 268 g/mol. The molecule has 0 aliphatic rings. The molecule has 0 unspecified atom stereocenters. The molecule has 0 aromatic heterocycles. The Hall–Kier alpha value is -0.570. The zero-order valence-corrected chi connectivity index (χ0v) is 12.3. The number of benzene rings is 1. The lowest BCUT2D eigenvalue weighted by Gasteiger charge is -2.17. The van der Waals surface area contributed by atoms with Crippen molar-refractivity contribution in [1.82, 2.24) is 10.2 Å². The molecule has 0 aliphatic heterocycles. The van der Waals surface area contributed by atoms with Crippen molar-refractivity contribution in [3.05, 3.63) is 34.9 Å². The second kappa shape index (κ2) is 9.37. The van der Waals surface area contributed by atoms with E-state index in [1.807, 2.05) is 18.2 Å². The largest absolute Gasteiger partial charge is 0.315 e. The number of hydrogen-bond acceptors (Lipinski definition) is 2. The third kappa shape index (κ3) is 6.39. The average molecular weight is 269 g/mol. The van der Waals surface area contributed by atoms with E-state index < -0.39 is 0 Å². The number of nitrogens with one attached hydrogen (secondary N) is 1. The van der Waals surface area contributed by atoms with Crippen molar-refractivity contribution >= 4 is 11.6 Å². The molecule has 0 saturated carbocycles. The Balaban J connectivity index is 2.14. The molecule has 18 heavy (non-hydrogen) atoms. The summed E-state index contributed by atoms with van der Waals surface area (Å²) >= 11 is 6.14. The fourth-order valence-electron chi connectivity index (χ4n) is 1.89. The molecule has 1 aromatic carbocycles. The van der Waals surface area contributed by atoms with Crippen LogP contribution in [0.4, 0.5) is 0 Å². The van der Waals surface area contributed by atoms with Gasteiger partial charge >= 0.3 is 0 Å². The molecule has 1 aromatic rings. The van der Waals surface area contributed by atoms with E-state index in [0.29, 0.717) is 0 Å². The van der Waals surface area contributed by atoms with Crippen molar-refractivity contribution in [2.75, 3.05) is 26.7 Å². The lowest BCUT2D eigenvalue weighted by atomic mass is 10.2. The zero-order chi connectivity index (χ0) is 13.2. The minimum absolute atomic E-state index is 0.861. The minimum atomic E-state index is 0.861. The van der Waals surface area contributed by atoms with E-state index in [4.69, 9.17) is 11.6 Å². The molecule has 0 amide bonds. The van der Waals surface area contributed by atoms with Gasteiger partial charge in [0.15, 0.2) is 0 Å². The van der Waals surface area contributed by atoms with Gasteiger partial charge in [0.05, 0.1) is 0 Å². The maximum atomic E-state index is 6.14. The predicted octanol–water partition coefficient (Wildman–Crippen LogP) is 3.55. The Morgan fingerprint density at radius 1 is 1.17 bits per heavy atom. The highest BCUT2D eigenvalue weighted by molar-refractivity contribution is 6.31. The van der Waals surface area contributed by atoms with Crippen LogP contribution < -0.4 is 5.32 Å². The summed E-state index contributed by atoms with van der Waals surface area (Å²) in [6.07, 6.45) is 3.89. The van der Waals surface area contributed by atoms with E-state index in [9.17, 15) is 0 Å². The van der Waals surface area contributed by atoms with E-state index in [0.717, 1.165) is 31.2 Å². The highest BCUT2D eigenvalue weighted by atomic mass is 35.5. The molecule has 102 valence electrons. The standard InChI is InChI=1S/C15H25ClN2/c1-3-4-7-10-17-11-12-18(2)13-14-8-5-6-9-15(14)16/h5-6,8-9,17H,3-4,7,10-13H2,1-2H3. The average Bonchev–Trinajstić information content (AvgIpc) is 2.36. The Morgan fingerprint density at radius 3 is 2.67 bits per heavy atom. The molecule has 2 nitrogen and oxygen atoms in total. The number of rotatable bonds is 9. The summed E-state index contributed by atoms with van der Waals surface area (Å²) < 4.78 is 0. The molecule has 0 saturated heterocycles. The van der Waals surface area contributed by atoms with Crippen LogP contribution in [-0.4, -0.2) is 31.6 Å². The summed E-state index contributed by atoms with van der Waals surface area (Å²) in [5, 5.41) is 4.34. The van der Waals surface area contributed by atoms with Crippen LogP contribution in [0.2, 0.25) is 5.02 Å². The van der Waals surface area contributed by atoms with Gasteiger partial charge in [0.1, 0.15) is 0 Å². The Bertz CT molecular complexity index is 328. The van der Waals surface area contributed by atoms with E-state index in [-0.39, 0.29) is 0 Å². The Labute approximate surface area is 116 Å². The summed E-state index contributed by atoms with van der Waals surface area (Å²) in [6.45, 7) is 6.38. The lowest BCUT2D eigenvalue weighted by molar-refractivity contribution is 0.324. The molecule has 0 radical (unpaired) electrons. The van der Waals surface area contributed by atoms with E-state index in [2.05, 4.69) is 30.3 Å². The summed E-state index contributed by atoms with van der Waals surface area (Å²) in [5.74, 6) is 0. The molecule has 0 spiro atoms. The van der Waals surface area contributed by atoms with Crippen LogP contribution in [0.15, 0.2) is 24.3 Å². The van der Waals surface area contributed by atoms with Gasteiger partial charge in [0.25, 0.3) is 0 Å². The summed E-state index contributed by atoms with van der Waals surface area (Å²) in [4.78, 5) is 2.30. The van der Waals surface area contributed by atoms with Crippen LogP contribution in [-0.2, 0) is 6.54 Å². The number of likely N-dealkylation sites (N-methyl/N-ethyl adjacent to an activating group) is 1. The number of nitrogens with zero attached hydrogens (tertiary/aromatic N) is 1. The van der Waals surface area contributed by atoms with E-state index in [1.165, 1.54) is 24.8 Å². The van der Waals surface area contributed by atoms with Gasteiger partial charge in [0.2, 0.25) is 0 Å². The SMILES string of the molecule is CCCCCNCCN(C)Cc1ccccc1Cl. The van der Waals surface area contributed by atoms with Gasteiger partial charge in [-0.15, -0.1) is 0 Å². The van der Waals surface area contributed by atoms with Gasteiger partial charge in [-0.3, -0.25) is 0 Å². The topological polar surface area (TPSA) is 15.3 Å². The molecule has 0 bridgehead atoms. The second-order valence-corrected chi connectivity index (χ2v) is 5.19. The molecule has 3 heteroatoms. The quantitative estimate of drug-likeness (QED) is 0.689. The smallest absolute Gasteiger partial charge is 0.0451 e. The number of halogens is 1. The first-order valence-electron chi connectivity index (χ1n) is 6.86. The van der Waals surface area contributed by atoms with E-state index in [1.54, 1.807) is 0 Å². The minimum Gasteiger partial charge on any atom is -0.315 e. The highest BCUT2D eigenvalue weighted by Gasteiger charge is 2.03. The van der Waals surface area contributed by atoms with Crippen molar-refractivity contribution in [2.45, 2.75) is 32.7 Å². The van der Waals surface area contributed by atoms with Crippen LogP contribution >= 0.6 is 11.6 Å². The van der Waals surface area contributed by atoms with Crippen LogP contribution in [0.3, 0.4) is 0 Å². The number of unbranched alkanes of at least 4 members (excludes halogenated alkanes) is 2.